The lowest BCUT2D eigenvalue weighted by molar-refractivity contribution is 0.402. The first-order valence-corrected chi connectivity index (χ1v) is 8.71. The van der Waals surface area contributed by atoms with Gasteiger partial charge in [0.15, 0.2) is 0 Å². The van der Waals surface area contributed by atoms with Crippen molar-refractivity contribution >= 4 is 0 Å². The maximum absolute atomic E-state index is 9.56. The monoisotopic (exact) mass is 312 g/mol. The van der Waals surface area contributed by atoms with Crippen molar-refractivity contribution in [2.75, 3.05) is 0 Å². The lowest BCUT2D eigenvalue weighted by atomic mass is 9.81. The first-order valence-electron chi connectivity index (χ1n) is 8.71. The Labute approximate surface area is 139 Å². The minimum atomic E-state index is 0.302. The maximum Gasteiger partial charge on any atom is 0.115 e. The summed E-state index contributed by atoms with van der Waals surface area (Å²) >= 11 is 0. The van der Waals surface area contributed by atoms with Gasteiger partial charge < -0.3 is 10.2 Å². The van der Waals surface area contributed by atoms with Crippen molar-refractivity contribution < 1.29 is 10.2 Å². The number of rotatable bonds is 8. The van der Waals surface area contributed by atoms with Gasteiger partial charge in [0.2, 0.25) is 0 Å². The molecule has 2 aromatic carbocycles. The van der Waals surface area contributed by atoms with Crippen molar-refractivity contribution in [1.82, 2.24) is 0 Å². The van der Waals surface area contributed by atoms with Crippen LogP contribution in [0.25, 0.3) is 0 Å². The lowest BCUT2D eigenvalue weighted by Crippen LogP contribution is -2.09. The molecule has 2 heteroatoms. The Bertz CT molecular complexity index is 526. The number of aromatic hydroxyl groups is 2. The van der Waals surface area contributed by atoms with E-state index in [-0.39, 0.29) is 0 Å². The molecular formula is C21H28O2. The van der Waals surface area contributed by atoms with E-state index in [9.17, 15) is 10.2 Å². The smallest absolute Gasteiger partial charge is 0.115 e. The van der Waals surface area contributed by atoms with E-state index < -0.39 is 0 Å². The molecule has 0 saturated heterocycles. The summed E-state index contributed by atoms with van der Waals surface area (Å²) in [5.74, 6) is 1.60. The summed E-state index contributed by atoms with van der Waals surface area (Å²) in [6, 6.07) is 15.1. The van der Waals surface area contributed by atoms with E-state index in [1.54, 1.807) is 24.3 Å². The number of hydrogen-bond donors (Lipinski definition) is 2. The molecule has 2 nitrogen and oxygen atoms in total. The predicted molar refractivity (Wildman–Crippen MR) is 96.0 cm³/mol. The standard InChI is InChI=1S/C21H28O2/c1-3-5-6-16(4-2)15-21(17-7-11-19(22)12-8-17)18-9-13-20(23)14-10-18/h7-14,16,21-23H,3-6,15H2,1-2H3. The molecule has 2 rings (SSSR count). The third-order valence-electron chi connectivity index (χ3n) is 4.70. The SMILES string of the molecule is CCCCC(CC)CC(c1ccc(O)cc1)c1ccc(O)cc1. The second-order valence-corrected chi connectivity index (χ2v) is 6.39. The predicted octanol–water partition coefficient (Wildman–Crippen LogP) is 5.84. The Morgan fingerprint density at radius 3 is 1.65 bits per heavy atom. The molecule has 0 aromatic heterocycles. The topological polar surface area (TPSA) is 40.5 Å². The quantitative estimate of drug-likeness (QED) is 0.643. The van der Waals surface area contributed by atoms with Gasteiger partial charge in [-0.05, 0) is 47.7 Å². The summed E-state index contributed by atoms with van der Waals surface area (Å²) in [6.07, 6.45) is 6.06. The highest BCUT2D eigenvalue weighted by Gasteiger charge is 2.19. The molecule has 0 amide bonds. The van der Waals surface area contributed by atoms with E-state index >= 15 is 0 Å². The minimum absolute atomic E-state index is 0.302. The number of benzene rings is 2. The fraction of sp³-hybridized carbons (Fsp3) is 0.429. The van der Waals surface area contributed by atoms with Gasteiger partial charge >= 0.3 is 0 Å². The summed E-state index contributed by atoms with van der Waals surface area (Å²) in [5.41, 5.74) is 2.45. The Kier molecular flexibility index (Phi) is 6.52. The van der Waals surface area contributed by atoms with Crippen LogP contribution in [0, 0.1) is 5.92 Å². The van der Waals surface area contributed by atoms with Crippen LogP contribution in [0.4, 0.5) is 0 Å². The third kappa shape index (κ3) is 5.02. The Hall–Kier alpha value is -1.96. The van der Waals surface area contributed by atoms with E-state index in [1.807, 2.05) is 24.3 Å². The molecule has 0 aliphatic carbocycles. The fourth-order valence-electron chi connectivity index (χ4n) is 3.19. The molecule has 0 radical (unpaired) electrons. The Morgan fingerprint density at radius 2 is 1.26 bits per heavy atom. The van der Waals surface area contributed by atoms with Gasteiger partial charge in [0.1, 0.15) is 11.5 Å². The summed E-state index contributed by atoms with van der Waals surface area (Å²) in [5, 5.41) is 19.1. The van der Waals surface area contributed by atoms with Crippen molar-refractivity contribution in [3.63, 3.8) is 0 Å². The zero-order valence-electron chi connectivity index (χ0n) is 14.2. The minimum Gasteiger partial charge on any atom is -0.508 e. The average Bonchev–Trinajstić information content (AvgIpc) is 2.57. The van der Waals surface area contributed by atoms with Crippen molar-refractivity contribution in [2.45, 2.75) is 51.9 Å². The van der Waals surface area contributed by atoms with Crippen LogP contribution in [-0.2, 0) is 0 Å². The molecule has 0 aliphatic heterocycles. The van der Waals surface area contributed by atoms with Crippen LogP contribution in [0.5, 0.6) is 11.5 Å². The summed E-state index contributed by atoms with van der Waals surface area (Å²) in [7, 11) is 0. The molecule has 0 spiro atoms. The van der Waals surface area contributed by atoms with E-state index in [1.165, 1.54) is 36.8 Å². The van der Waals surface area contributed by atoms with E-state index in [4.69, 9.17) is 0 Å². The molecular weight excluding hydrogens is 284 g/mol. The maximum atomic E-state index is 9.56. The normalized spacial score (nSPS) is 12.5. The van der Waals surface area contributed by atoms with Gasteiger partial charge in [0, 0.05) is 5.92 Å². The van der Waals surface area contributed by atoms with Crippen LogP contribution in [0.2, 0.25) is 0 Å². The highest BCUT2D eigenvalue weighted by atomic mass is 16.3. The summed E-state index contributed by atoms with van der Waals surface area (Å²) < 4.78 is 0. The molecule has 2 N–H and O–H groups in total. The number of phenolic OH excluding ortho intramolecular Hbond substituents is 2. The molecule has 124 valence electrons. The second kappa shape index (κ2) is 8.61. The molecule has 23 heavy (non-hydrogen) atoms. The first kappa shape index (κ1) is 17.4. The second-order valence-electron chi connectivity index (χ2n) is 6.39. The number of hydrogen-bond acceptors (Lipinski definition) is 2. The molecule has 1 unspecified atom stereocenters. The van der Waals surface area contributed by atoms with Crippen LogP contribution in [0.15, 0.2) is 48.5 Å². The molecule has 0 aliphatic rings. The number of unbranched alkanes of at least 4 members (excludes halogenated alkanes) is 1. The van der Waals surface area contributed by atoms with Gasteiger partial charge in [-0.1, -0.05) is 63.8 Å². The van der Waals surface area contributed by atoms with Gasteiger partial charge in [-0.25, -0.2) is 0 Å². The van der Waals surface area contributed by atoms with Crippen molar-refractivity contribution in [3.8, 4) is 11.5 Å². The number of phenols is 2. The van der Waals surface area contributed by atoms with Crippen LogP contribution in [0.3, 0.4) is 0 Å². The van der Waals surface area contributed by atoms with E-state index in [0.29, 0.717) is 23.3 Å². The van der Waals surface area contributed by atoms with Crippen molar-refractivity contribution in [1.29, 1.82) is 0 Å². The van der Waals surface area contributed by atoms with Crippen LogP contribution in [0.1, 0.15) is 63.0 Å². The van der Waals surface area contributed by atoms with Gasteiger partial charge in [0.05, 0.1) is 0 Å². The summed E-state index contributed by atoms with van der Waals surface area (Å²) in [6.45, 7) is 4.51. The van der Waals surface area contributed by atoms with Crippen LogP contribution >= 0.6 is 0 Å². The first-order chi connectivity index (χ1) is 11.1. The zero-order chi connectivity index (χ0) is 16.7. The van der Waals surface area contributed by atoms with E-state index in [0.717, 1.165) is 6.42 Å². The zero-order valence-corrected chi connectivity index (χ0v) is 14.2. The average molecular weight is 312 g/mol. The van der Waals surface area contributed by atoms with Crippen molar-refractivity contribution in [2.24, 2.45) is 5.92 Å². The third-order valence-corrected chi connectivity index (χ3v) is 4.70. The molecule has 1 atom stereocenters. The molecule has 2 aromatic rings. The van der Waals surface area contributed by atoms with Gasteiger partial charge in [-0.3, -0.25) is 0 Å². The van der Waals surface area contributed by atoms with E-state index in [2.05, 4.69) is 13.8 Å². The Balaban J connectivity index is 2.26. The lowest BCUT2D eigenvalue weighted by Gasteiger charge is -2.24. The highest BCUT2D eigenvalue weighted by molar-refractivity contribution is 5.37. The Morgan fingerprint density at radius 1 is 0.783 bits per heavy atom. The van der Waals surface area contributed by atoms with Crippen LogP contribution < -0.4 is 0 Å². The molecule has 0 saturated carbocycles. The van der Waals surface area contributed by atoms with Gasteiger partial charge in [0.25, 0.3) is 0 Å². The molecule has 0 bridgehead atoms. The van der Waals surface area contributed by atoms with Crippen molar-refractivity contribution in [3.05, 3.63) is 59.7 Å². The largest absolute Gasteiger partial charge is 0.508 e. The van der Waals surface area contributed by atoms with Crippen LogP contribution in [-0.4, -0.2) is 10.2 Å². The van der Waals surface area contributed by atoms with Gasteiger partial charge in [-0.2, -0.15) is 0 Å². The van der Waals surface area contributed by atoms with Gasteiger partial charge in [-0.15, -0.1) is 0 Å². The summed E-state index contributed by atoms with van der Waals surface area (Å²) in [4.78, 5) is 0. The fourth-order valence-corrected chi connectivity index (χ4v) is 3.19. The molecule has 0 fully saturated rings. The highest BCUT2D eigenvalue weighted by Crippen LogP contribution is 2.35. The molecule has 0 heterocycles.